The second-order valence-corrected chi connectivity index (χ2v) is 3.71. The van der Waals surface area contributed by atoms with Crippen molar-refractivity contribution in [3.63, 3.8) is 0 Å². The Balaban J connectivity index is 1.99. The van der Waals surface area contributed by atoms with Crippen LogP contribution in [0.15, 0.2) is 64.8 Å². The van der Waals surface area contributed by atoms with Crippen LogP contribution < -0.4 is 4.74 Å². The molecule has 0 saturated heterocycles. The Hall–Kier alpha value is -2.69. The topological polar surface area (TPSA) is 71.2 Å². The van der Waals surface area contributed by atoms with Crippen LogP contribution >= 0.6 is 0 Å². The van der Waals surface area contributed by atoms with E-state index in [4.69, 9.17) is 9.84 Å². The van der Waals surface area contributed by atoms with Crippen LogP contribution in [0.4, 0.5) is 11.4 Å². The van der Waals surface area contributed by atoms with E-state index < -0.39 is 5.97 Å². The lowest BCUT2D eigenvalue weighted by atomic mass is 10.3. The summed E-state index contributed by atoms with van der Waals surface area (Å²) in [5.41, 5.74) is 1.44. The molecule has 96 valence electrons. The first-order chi connectivity index (χ1) is 9.24. The molecule has 0 fully saturated rings. The summed E-state index contributed by atoms with van der Waals surface area (Å²) in [6.07, 6.45) is 0. The van der Waals surface area contributed by atoms with Gasteiger partial charge in [-0.2, -0.15) is 10.2 Å². The number of carboxylic acids is 1. The zero-order valence-electron chi connectivity index (χ0n) is 10.1. The molecule has 0 aromatic heterocycles. The summed E-state index contributed by atoms with van der Waals surface area (Å²) >= 11 is 0. The third-order valence-corrected chi connectivity index (χ3v) is 2.24. The molecule has 2 aromatic carbocycles. The first-order valence-corrected chi connectivity index (χ1v) is 5.65. The van der Waals surface area contributed by atoms with Crippen molar-refractivity contribution in [1.82, 2.24) is 0 Å². The number of aliphatic carboxylic acids is 1. The molecule has 2 rings (SSSR count). The van der Waals surface area contributed by atoms with Gasteiger partial charge in [0.2, 0.25) is 0 Å². The van der Waals surface area contributed by atoms with Gasteiger partial charge in [-0.25, -0.2) is 4.79 Å². The number of benzene rings is 2. The van der Waals surface area contributed by atoms with Crippen LogP contribution in [-0.4, -0.2) is 17.7 Å². The van der Waals surface area contributed by atoms with E-state index >= 15 is 0 Å². The zero-order chi connectivity index (χ0) is 13.5. The Bertz CT molecular complexity index is 565. The van der Waals surface area contributed by atoms with Crippen LogP contribution in [0.5, 0.6) is 5.75 Å². The monoisotopic (exact) mass is 256 g/mol. The quantitative estimate of drug-likeness (QED) is 0.831. The maximum Gasteiger partial charge on any atom is 0.341 e. The number of carbonyl (C=O) groups is 1. The molecule has 5 nitrogen and oxygen atoms in total. The Labute approximate surface area is 110 Å². The van der Waals surface area contributed by atoms with Gasteiger partial charge in [0.15, 0.2) is 6.61 Å². The molecule has 0 spiro atoms. The number of ether oxygens (including phenoxy) is 1. The highest BCUT2D eigenvalue weighted by Crippen LogP contribution is 2.20. The number of carboxylic acid groups (broad SMARTS) is 1. The molecule has 19 heavy (non-hydrogen) atoms. The number of rotatable bonds is 5. The minimum Gasteiger partial charge on any atom is -0.482 e. The van der Waals surface area contributed by atoms with Gasteiger partial charge in [-0.1, -0.05) is 18.2 Å². The molecule has 0 heterocycles. The Morgan fingerprint density at radius 1 is 0.947 bits per heavy atom. The zero-order valence-corrected chi connectivity index (χ0v) is 10.1. The summed E-state index contributed by atoms with van der Waals surface area (Å²) in [7, 11) is 0. The molecule has 2 aromatic rings. The molecular weight excluding hydrogens is 244 g/mol. The van der Waals surface area contributed by atoms with Crippen LogP contribution in [0.1, 0.15) is 0 Å². The average molecular weight is 256 g/mol. The highest BCUT2D eigenvalue weighted by molar-refractivity contribution is 5.68. The van der Waals surface area contributed by atoms with Crippen molar-refractivity contribution in [2.75, 3.05) is 6.61 Å². The van der Waals surface area contributed by atoms with E-state index in [1.807, 2.05) is 30.3 Å². The standard InChI is InChI=1S/C14H12N2O3/c17-14(18)10-19-13-8-6-12(7-9-13)16-15-11-4-2-1-3-5-11/h1-9H,10H2,(H,17,18). The van der Waals surface area contributed by atoms with Crippen molar-refractivity contribution in [1.29, 1.82) is 0 Å². The molecule has 0 amide bonds. The van der Waals surface area contributed by atoms with Gasteiger partial charge in [-0.05, 0) is 36.4 Å². The van der Waals surface area contributed by atoms with Crippen molar-refractivity contribution >= 4 is 17.3 Å². The molecule has 0 aliphatic rings. The van der Waals surface area contributed by atoms with Crippen LogP contribution in [0.2, 0.25) is 0 Å². The molecule has 0 radical (unpaired) electrons. The fraction of sp³-hybridized carbons (Fsp3) is 0.0714. The largest absolute Gasteiger partial charge is 0.482 e. The first-order valence-electron chi connectivity index (χ1n) is 5.65. The van der Waals surface area contributed by atoms with E-state index in [2.05, 4.69) is 10.2 Å². The maximum atomic E-state index is 10.3. The second kappa shape index (κ2) is 6.30. The average Bonchev–Trinajstić information content (AvgIpc) is 2.45. The van der Waals surface area contributed by atoms with Crippen molar-refractivity contribution in [2.24, 2.45) is 10.2 Å². The highest BCUT2D eigenvalue weighted by atomic mass is 16.5. The minimum absolute atomic E-state index is 0.356. The lowest BCUT2D eigenvalue weighted by Gasteiger charge is -2.02. The van der Waals surface area contributed by atoms with E-state index in [9.17, 15) is 4.79 Å². The van der Waals surface area contributed by atoms with Gasteiger partial charge < -0.3 is 9.84 Å². The molecule has 0 aliphatic heterocycles. The molecule has 1 N–H and O–H groups in total. The van der Waals surface area contributed by atoms with Crippen LogP contribution in [0, 0.1) is 0 Å². The summed E-state index contributed by atoms with van der Waals surface area (Å²) < 4.78 is 5.01. The Kier molecular flexibility index (Phi) is 4.23. The van der Waals surface area contributed by atoms with Crippen LogP contribution in [0.3, 0.4) is 0 Å². The molecule has 0 unspecified atom stereocenters. The fourth-order valence-electron chi connectivity index (χ4n) is 1.36. The number of azo groups is 1. The van der Waals surface area contributed by atoms with Crippen molar-refractivity contribution in [2.45, 2.75) is 0 Å². The van der Waals surface area contributed by atoms with Crippen molar-refractivity contribution in [3.05, 3.63) is 54.6 Å². The molecule has 0 saturated carbocycles. The molecule has 0 atom stereocenters. The number of nitrogens with zero attached hydrogens (tertiary/aromatic N) is 2. The smallest absolute Gasteiger partial charge is 0.341 e. The summed E-state index contributed by atoms with van der Waals surface area (Å²) in [6.45, 7) is -0.356. The van der Waals surface area contributed by atoms with E-state index in [0.717, 1.165) is 5.69 Å². The lowest BCUT2D eigenvalue weighted by Crippen LogP contribution is -2.09. The highest BCUT2D eigenvalue weighted by Gasteiger charge is 1.99. The normalized spacial score (nSPS) is 10.5. The lowest BCUT2D eigenvalue weighted by molar-refractivity contribution is -0.139. The third-order valence-electron chi connectivity index (χ3n) is 2.24. The van der Waals surface area contributed by atoms with Gasteiger partial charge >= 0.3 is 5.97 Å². The Morgan fingerprint density at radius 3 is 2.11 bits per heavy atom. The van der Waals surface area contributed by atoms with Crippen LogP contribution in [-0.2, 0) is 4.79 Å². The van der Waals surface area contributed by atoms with Gasteiger partial charge in [0.25, 0.3) is 0 Å². The van der Waals surface area contributed by atoms with Gasteiger partial charge in [0.1, 0.15) is 5.75 Å². The SMILES string of the molecule is O=C(O)COc1ccc(N=Nc2ccccc2)cc1. The third kappa shape index (κ3) is 4.23. The minimum atomic E-state index is -1.01. The molecule has 0 bridgehead atoms. The van der Waals surface area contributed by atoms with Gasteiger partial charge in [0.05, 0.1) is 11.4 Å². The van der Waals surface area contributed by atoms with Gasteiger partial charge in [0, 0.05) is 0 Å². The van der Waals surface area contributed by atoms with Crippen LogP contribution in [0.25, 0.3) is 0 Å². The molecule has 0 aliphatic carbocycles. The summed E-state index contributed by atoms with van der Waals surface area (Å²) in [5, 5.41) is 16.6. The first kappa shape index (κ1) is 12.8. The van der Waals surface area contributed by atoms with Gasteiger partial charge in [-0.15, -0.1) is 0 Å². The fourth-order valence-corrected chi connectivity index (χ4v) is 1.36. The van der Waals surface area contributed by atoms with Gasteiger partial charge in [-0.3, -0.25) is 0 Å². The molecular formula is C14H12N2O3. The predicted octanol–water partition coefficient (Wildman–Crippen LogP) is 3.57. The van der Waals surface area contributed by atoms with E-state index in [0.29, 0.717) is 11.4 Å². The van der Waals surface area contributed by atoms with E-state index in [-0.39, 0.29) is 6.61 Å². The van der Waals surface area contributed by atoms with Crippen molar-refractivity contribution < 1.29 is 14.6 Å². The maximum absolute atomic E-state index is 10.3. The Morgan fingerprint density at radius 2 is 1.53 bits per heavy atom. The second-order valence-electron chi connectivity index (χ2n) is 3.71. The van der Waals surface area contributed by atoms with Crippen molar-refractivity contribution in [3.8, 4) is 5.75 Å². The summed E-state index contributed by atoms with van der Waals surface area (Å²) in [4.78, 5) is 10.3. The summed E-state index contributed by atoms with van der Waals surface area (Å²) in [5.74, 6) is -0.520. The predicted molar refractivity (Wildman–Crippen MR) is 70.2 cm³/mol. The molecule has 5 heteroatoms. The summed E-state index contributed by atoms with van der Waals surface area (Å²) in [6, 6.07) is 16.1. The van der Waals surface area contributed by atoms with E-state index in [1.165, 1.54) is 0 Å². The number of hydrogen-bond donors (Lipinski definition) is 1. The number of hydrogen-bond acceptors (Lipinski definition) is 4. The van der Waals surface area contributed by atoms with E-state index in [1.54, 1.807) is 24.3 Å².